The normalized spacial score (nSPS) is 23.2. The van der Waals surface area contributed by atoms with Crippen LogP contribution in [0.5, 0.6) is 0 Å². The lowest BCUT2D eigenvalue weighted by atomic mass is 9.94. The summed E-state index contributed by atoms with van der Waals surface area (Å²) in [5, 5.41) is 3.60. The Balaban J connectivity index is 1.43. The van der Waals surface area contributed by atoms with Crippen LogP contribution in [-0.2, 0) is 6.54 Å². The van der Waals surface area contributed by atoms with Gasteiger partial charge >= 0.3 is 0 Å². The average molecular weight is 241 g/mol. The van der Waals surface area contributed by atoms with E-state index in [-0.39, 0.29) is 0 Å². The summed E-state index contributed by atoms with van der Waals surface area (Å²) in [7, 11) is 0. The van der Waals surface area contributed by atoms with E-state index in [0.717, 1.165) is 24.9 Å². The number of nitrogens with one attached hydrogen (secondary N) is 1. The lowest BCUT2D eigenvalue weighted by Gasteiger charge is -2.18. The molecule has 1 saturated carbocycles. The molecule has 3 rings (SSSR count). The highest BCUT2D eigenvalue weighted by Gasteiger charge is 2.22. The van der Waals surface area contributed by atoms with Gasteiger partial charge in [-0.1, -0.05) is 36.4 Å². The van der Waals surface area contributed by atoms with E-state index in [4.69, 9.17) is 0 Å². The van der Waals surface area contributed by atoms with Gasteiger partial charge in [0.2, 0.25) is 0 Å². The van der Waals surface area contributed by atoms with Crippen LogP contribution in [0.1, 0.15) is 49.1 Å². The number of allylic oxidation sites excluding steroid dienone is 2. The van der Waals surface area contributed by atoms with E-state index in [9.17, 15) is 0 Å². The van der Waals surface area contributed by atoms with E-state index in [1.54, 1.807) is 0 Å². The highest BCUT2D eigenvalue weighted by atomic mass is 14.9. The van der Waals surface area contributed by atoms with Crippen molar-refractivity contribution in [2.24, 2.45) is 5.92 Å². The zero-order valence-electron chi connectivity index (χ0n) is 11.1. The second-order valence-corrected chi connectivity index (χ2v) is 5.80. The molecular formula is C17H23N. The van der Waals surface area contributed by atoms with Gasteiger partial charge in [0.25, 0.3) is 0 Å². The summed E-state index contributed by atoms with van der Waals surface area (Å²) in [4.78, 5) is 0. The van der Waals surface area contributed by atoms with Crippen LogP contribution >= 0.6 is 0 Å². The molecule has 2 aliphatic carbocycles. The second kappa shape index (κ2) is 5.71. The van der Waals surface area contributed by atoms with Gasteiger partial charge in [0.05, 0.1) is 0 Å². The molecule has 0 aliphatic heterocycles. The minimum absolute atomic E-state index is 0.848. The fraction of sp³-hybridized carbons (Fsp3) is 0.529. The highest BCUT2D eigenvalue weighted by Crippen LogP contribution is 2.39. The molecule has 1 nitrogen and oxygen atoms in total. The number of hydrogen-bond acceptors (Lipinski definition) is 1. The first kappa shape index (κ1) is 12.0. The predicted octanol–water partition coefficient (Wildman–Crippen LogP) is 4.01. The van der Waals surface area contributed by atoms with Crippen LogP contribution in [0.15, 0.2) is 36.4 Å². The topological polar surface area (TPSA) is 12.0 Å². The molecule has 1 heteroatoms. The second-order valence-electron chi connectivity index (χ2n) is 5.80. The van der Waals surface area contributed by atoms with Crippen molar-refractivity contribution in [3.05, 3.63) is 47.5 Å². The van der Waals surface area contributed by atoms with Crippen LogP contribution in [0.25, 0.3) is 0 Å². The standard InChI is InChI=1S/C17H23N/c1-2-4-14(5-3-1)12-18-13-15-6-8-16(9-7-15)17-10-11-17/h1-2,6-9,14,17-18H,3-5,10-13H2. The summed E-state index contributed by atoms with van der Waals surface area (Å²) >= 11 is 0. The molecule has 0 radical (unpaired) electrons. The van der Waals surface area contributed by atoms with E-state index < -0.39 is 0 Å². The van der Waals surface area contributed by atoms with Gasteiger partial charge in [-0.2, -0.15) is 0 Å². The maximum absolute atomic E-state index is 3.60. The van der Waals surface area contributed by atoms with Crippen molar-refractivity contribution in [3.63, 3.8) is 0 Å². The van der Waals surface area contributed by atoms with Gasteiger partial charge in [-0.05, 0) is 61.6 Å². The van der Waals surface area contributed by atoms with E-state index in [0.29, 0.717) is 0 Å². The first-order chi connectivity index (χ1) is 8.92. The van der Waals surface area contributed by atoms with Gasteiger partial charge < -0.3 is 5.32 Å². The van der Waals surface area contributed by atoms with Gasteiger partial charge in [0, 0.05) is 6.54 Å². The molecule has 18 heavy (non-hydrogen) atoms. The highest BCUT2D eigenvalue weighted by molar-refractivity contribution is 5.27. The molecule has 1 N–H and O–H groups in total. The molecule has 0 heterocycles. The van der Waals surface area contributed by atoms with Crippen molar-refractivity contribution in [2.45, 2.75) is 44.6 Å². The van der Waals surface area contributed by atoms with E-state index in [1.165, 1.54) is 43.2 Å². The molecule has 2 aliphatic rings. The number of hydrogen-bond donors (Lipinski definition) is 1. The van der Waals surface area contributed by atoms with Crippen molar-refractivity contribution in [1.29, 1.82) is 0 Å². The summed E-state index contributed by atoms with van der Waals surface area (Å²) in [5.41, 5.74) is 2.96. The Morgan fingerprint density at radius 2 is 1.83 bits per heavy atom. The molecule has 1 unspecified atom stereocenters. The summed E-state index contributed by atoms with van der Waals surface area (Å²) in [5.74, 6) is 1.72. The van der Waals surface area contributed by atoms with Crippen molar-refractivity contribution >= 4 is 0 Å². The van der Waals surface area contributed by atoms with E-state index in [2.05, 4.69) is 41.7 Å². The Morgan fingerprint density at radius 3 is 2.50 bits per heavy atom. The minimum atomic E-state index is 0.848. The molecule has 0 spiro atoms. The fourth-order valence-corrected chi connectivity index (χ4v) is 2.79. The molecular weight excluding hydrogens is 218 g/mol. The van der Waals surface area contributed by atoms with Crippen LogP contribution in [-0.4, -0.2) is 6.54 Å². The molecule has 1 atom stereocenters. The third kappa shape index (κ3) is 3.23. The molecule has 0 aromatic heterocycles. The maximum atomic E-state index is 3.60. The molecule has 1 aromatic rings. The van der Waals surface area contributed by atoms with Crippen LogP contribution in [0.2, 0.25) is 0 Å². The summed E-state index contributed by atoms with van der Waals surface area (Å²) in [6.07, 6.45) is 11.3. The lowest BCUT2D eigenvalue weighted by molar-refractivity contribution is 0.440. The molecule has 1 fully saturated rings. The third-order valence-corrected chi connectivity index (χ3v) is 4.17. The van der Waals surface area contributed by atoms with Crippen LogP contribution < -0.4 is 5.32 Å². The summed E-state index contributed by atoms with van der Waals surface area (Å²) < 4.78 is 0. The van der Waals surface area contributed by atoms with Crippen molar-refractivity contribution in [2.75, 3.05) is 6.54 Å². The largest absolute Gasteiger partial charge is 0.312 e. The van der Waals surface area contributed by atoms with Gasteiger partial charge in [-0.25, -0.2) is 0 Å². The first-order valence-corrected chi connectivity index (χ1v) is 7.36. The molecule has 0 saturated heterocycles. The molecule has 0 amide bonds. The van der Waals surface area contributed by atoms with Crippen LogP contribution in [0.3, 0.4) is 0 Å². The Labute approximate surface area is 110 Å². The Hall–Kier alpha value is -1.08. The van der Waals surface area contributed by atoms with Gasteiger partial charge in [-0.3, -0.25) is 0 Å². The van der Waals surface area contributed by atoms with Crippen molar-refractivity contribution < 1.29 is 0 Å². The lowest BCUT2D eigenvalue weighted by Crippen LogP contribution is -2.23. The maximum Gasteiger partial charge on any atom is 0.0205 e. The Bertz CT molecular complexity index is 400. The van der Waals surface area contributed by atoms with Gasteiger partial charge in [0.1, 0.15) is 0 Å². The predicted molar refractivity (Wildman–Crippen MR) is 76.6 cm³/mol. The minimum Gasteiger partial charge on any atom is -0.312 e. The third-order valence-electron chi connectivity index (χ3n) is 4.17. The van der Waals surface area contributed by atoms with Crippen molar-refractivity contribution in [1.82, 2.24) is 5.32 Å². The monoisotopic (exact) mass is 241 g/mol. The zero-order valence-corrected chi connectivity index (χ0v) is 11.1. The average Bonchev–Trinajstić information content (AvgIpc) is 3.25. The molecule has 1 aromatic carbocycles. The first-order valence-electron chi connectivity index (χ1n) is 7.36. The molecule has 96 valence electrons. The number of benzene rings is 1. The fourth-order valence-electron chi connectivity index (χ4n) is 2.79. The Kier molecular flexibility index (Phi) is 3.80. The van der Waals surface area contributed by atoms with Crippen molar-refractivity contribution in [3.8, 4) is 0 Å². The zero-order chi connectivity index (χ0) is 12.2. The Morgan fingerprint density at radius 1 is 1.00 bits per heavy atom. The van der Waals surface area contributed by atoms with E-state index >= 15 is 0 Å². The summed E-state index contributed by atoms with van der Waals surface area (Å²) in [6.45, 7) is 2.18. The van der Waals surface area contributed by atoms with Crippen LogP contribution in [0, 0.1) is 5.92 Å². The van der Waals surface area contributed by atoms with E-state index in [1.807, 2.05) is 0 Å². The quantitative estimate of drug-likeness (QED) is 0.768. The number of rotatable bonds is 5. The van der Waals surface area contributed by atoms with Crippen LogP contribution in [0.4, 0.5) is 0 Å². The smallest absolute Gasteiger partial charge is 0.0205 e. The summed E-state index contributed by atoms with van der Waals surface area (Å²) in [6, 6.07) is 9.22. The van der Waals surface area contributed by atoms with Gasteiger partial charge in [-0.15, -0.1) is 0 Å². The SMILES string of the molecule is C1=CCC(CNCc2ccc(C3CC3)cc2)CC1. The molecule has 0 bridgehead atoms. The van der Waals surface area contributed by atoms with Gasteiger partial charge in [0.15, 0.2) is 0 Å².